The maximum atomic E-state index is 14.1. The molecule has 1 aromatic rings. The normalized spacial score (nSPS) is 21.3. The van der Waals surface area contributed by atoms with Gasteiger partial charge in [-0.15, -0.1) is 0 Å². The van der Waals surface area contributed by atoms with E-state index < -0.39 is 23.7 Å². The van der Waals surface area contributed by atoms with Crippen LogP contribution < -0.4 is 15.4 Å². The van der Waals surface area contributed by atoms with Crippen molar-refractivity contribution in [2.45, 2.75) is 44.2 Å². The highest BCUT2D eigenvalue weighted by Crippen LogP contribution is 2.26. The third-order valence-corrected chi connectivity index (χ3v) is 4.08. The third kappa shape index (κ3) is 3.49. The van der Waals surface area contributed by atoms with Crippen LogP contribution in [0.15, 0.2) is 18.2 Å². The Kier molecular flexibility index (Phi) is 4.27. The molecule has 1 aliphatic heterocycles. The molecule has 7 heteroatoms. The number of hydrogen-bond donors (Lipinski definition) is 2. The van der Waals surface area contributed by atoms with E-state index in [9.17, 15) is 18.8 Å². The molecule has 1 atom stereocenters. The third-order valence-electron chi connectivity index (χ3n) is 4.08. The van der Waals surface area contributed by atoms with E-state index in [1.54, 1.807) is 6.07 Å². The summed E-state index contributed by atoms with van der Waals surface area (Å²) >= 11 is 0. The first-order chi connectivity index (χ1) is 11.0. The van der Waals surface area contributed by atoms with Gasteiger partial charge in [-0.05, 0) is 37.8 Å². The molecule has 23 heavy (non-hydrogen) atoms. The number of benzene rings is 1. The van der Waals surface area contributed by atoms with Crippen LogP contribution in [0.5, 0.6) is 5.75 Å². The van der Waals surface area contributed by atoms with E-state index in [-0.39, 0.29) is 30.4 Å². The van der Waals surface area contributed by atoms with Gasteiger partial charge in [0.25, 0.3) is 5.91 Å². The van der Waals surface area contributed by atoms with Gasteiger partial charge in [-0.1, -0.05) is 0 Å². The molecule has 0 radical (unpaired) electrons. The average Bonchev–Trinajstić information content (AvgIpc) is 2.46. The van der Waals surface area contributed by atoms with Crippen LogP contribution in [-0.2, 0) is 9.59 Å². The van der Waals surface area contributed by atoms with Crippen LogP contribution >= 0.6 is 0 Å². The molecule has 2 aliphatic rings. The minimum absolute atomic E-state index is 0.123. The molecule has 1 aliphatic carbocycles. The number of halogens is 1. The van der Waals surface area contributed by atoms with Crippen LogP contribution in [0, 0.1) is 5.82 Å². The second-order valence-electron chi connectivity index (χ2n) is 5.79. The van der Waals surface area contributed by atoms with E-state index >= 15 is 0 Å². The van der Waals surface area contributed by atoms with Crippen molar-refractivity contribution >= 4 is 17.7 Å². The second-order valence-corrected chi connectivity index (χ2v) is 5.79. The standard InChI is InChI=1S/C16H17FN2O4/c17-12-8-10(23-9-2-1-3-9)4-5-11(12)15(21)18-13-6-7-14(20)19-16(13)22/h4-5,8-9,13H,1-3,6-7H2,(H,18,21)(H,19,20,22)/t13-/m0/s1. The molecule has 1 saturated carbocycles. The van der Waals surface area contributed by atoms with Gasteiger partial charge in [0.15, 0.2) is 0 Å². The van der Waals surface area contributed by atoms with Crippen molar-refractivity contribution in [3.8, 4) is 5.75 Å². The number of piperidine rings is 1. The molecule has 122 valence electrons. The fourth-order valence-corrected chi connectivity index (χ4v) is 2.50. The van der Waals surface area contributed by atoms with Crippen molar-refractivity contribution in [2.24, 2.45) is 0 Å². The maximum Gasteiger partial charge on any atom is 0.254 e. The number of rotatable bonds is 4. The van der Waals surface area contributed by atoms with Crippen molar-refractivity contribution in [3.63, 3.8) is 0 Å². The lowest BCUT2D eigenvalue weighted by Gasteiger charge is -2.26. The molecule has 2 fully saturated rings. The first kappa shape index (κ1) is 15.5. The lowest BCUT2D eigenvalue weighted by Crippen LogP contribution is -2.52. The van der Waals surface area contributed by atoms with Crippen molar-refractivity contribution in [1.29, 1.82) is 0 Å². The van der Waals surface area contributed by atoms with Crippen LogP contribution in [0.1, 0.15) is 42.5 Å². The summed E-state index contributed by atoms with van der Waals surface area (Å²) in [7, 11) is 0. The molecule has 0 unspecified atom stereocenters. The van der Waals surface area contributed by atoms with Gasteiger partial charge >= 0.3 is 0 Å². The summed E-state index contributed by atoms with van der Waals surface area (Å²) < 4.78 is 19.7. The Morgan fingerprint density at radius 1 is 1.26 bits per heavy atom. The Hall–Kier alpha value is -2.44. The average molecular weight is 320 g/mol. The molecule has 1 aromatic carbocycles. The number of carbonyl (C=O) groups is 3. The first-order valence-corrected chi connectivity index (χ1v) is 7.63. The zero-order valence-corrected chi connectivity index (χ0v) is 12.4. The van der Waals surface area contributed by atoms with Gasteiger partial charge in [0.05, 0.1) is 11.7 Å². The fourth-order valence-electron chi connectivity index (χ4n) is 2.50. The van der Waals surface area contributed by atoms with Crippen LogP contribution in [0.25, 0.3) is 0 Å². The minimum Gasteiger partial charge on any atom is -0.490 e. The fraction of sp³-hybridized carbons (Fsp3) is 0.438. The van der Waals surface area contributed by atoms with Crippen LogP contribution in [0.2, 0.25) is 0 Å². The maximum absolute atomic E-state index is 14.1. The first-order valence-electron chi connectivity index (χ1n) is 7.63. The Balaban J connectivity index is 1.64. The number of ether oxygens (including phenoxy) is 1. The van der Waals surface area contributed by atoms with E-state index in [4.69, 9.17) is 4.74 Å². The highest BCUT2D eigenvalue weighted by molar-refractivity contribution is 6.03. The zero-order chi connectivity index (χ0) is 16.4. The van der Waals surface area contributed by atoms with E-state index in [1.807, 2.05) is 0 Å². The van der Waals surface area contributed by atoms with Crippen LogP contribution in [0.3, 0.4) is 0 Å². The van der Waals surface area contributed by atoms with Gasteiger partial charge in [0.2, 0.25) is 11.8 Å². The largest absolute Gasteiger partial charge is 0.490 e. The minimum atomic E-state index is -0.828. The molecule has 1 saturated heterocycles. The SMILES string of the molecule is O=C1CC[C@H](NC(=O)c2ccc(OC3CCC3)cc2F)C(=O)N1. The number of hydrogen-bond acceptors (Lipinski definition) is 4. The van der Waals surface area contributed by atoms with Crippen LogP contribution in [0.4, 0.5) is 4.39 Å². The molecular formula is C16H17FN2O4. The Labute approximate surface area is 132 Å². The Morgan fingerprint density at radius 2 is 2.04 bits per heavy atom. The quantitative estimate of drug-likeness (QED) is 0.819. The smallest absolute Gasteiger partial charge is 0.254 e. The molecule has 2 N–H and O–H groups in total. The Morgan fingerprint density at radius 3 is 2.65 bits per heavy atom. The summed E-state index contributed by atoms with van der Waals surface area (Å²) in [5.41, 5.74) is -0.157. The molecule has 6 nitrogen and oxygen atoms in total. The van der Waals surface area contributed by atoms with Gasteiger partial charge < -0.3 is 10.1 Å². The van der Waals surface area contributed by atoms with E-state index in [1.165, 1.54) is 12.1 Å². The van der Waals surface area contributed by atoms with E-state index in [0.717, 1.165) is 19.3 Å². The summed E-state index contributed by atoms with van der Waals surface area (Å²) in [6.45, 7) is 0. The highest BCUT2D eigenvalue weighted by atomic mass is 19.1. The molecule has 0 bridgehead atoms. The summed E-state index contributed by atoms with van der Waals surface area (Å²) in [5, 5.41) is 4.58. The lowest BCUT2D eigenvalue weighted by molar-refractivity contribution is -0.134. The summed E-state index contributed by atoms with van der Waals surface area (Å²) in [6.07, 6.45) is 3.50. The van der Waals surface area contributed by atoms with Crippen LogP contribution in [-0.4, -0.2) is 29.9 Å². The molecule has 3 rings (SSSR count). The molecule has 0 aromatic heterocycles. The number of carbonyl (C=O) groups excluding carboxylic acids is 3. The van der Waals surface area contributed by atoms with Gasteiger partial charge in [-0.3, -0.25) is 19.7 Å². The zero-order valence-electron chi connectivity index (χ0n) is 12.4. The predicted octanol–water partition coefficient (Wildman–Crippen LogP) is 1.29. The molecule has 3 amide bonds. The number of imide groups is 1. The van der Waals surface area contributed by atoms with Gasteiger partial charge in [-0.2, -0.15) is 0 Å². The number of amides is 3. The van der Waals surface area contributed by atoms with E-state index in [0.29, 0.717) is 5.75 Å². The summed E-state index contributed by atoms with van der Waals surface area (Å²) in [5.74, 6) is -1.94. The van der Waals surface area contributed by atoms with Gasteiger partial charge in [0, 0.05) is 12.5 Å². The monoisotopic (exact) mass is 320 g/mol. The summed E-state index contributed by atoms with van der Waals surface area (Å²) in [4.78, 5) is 34.8. The summed E-state index contributed by atoms with van der Waals surface area (Å²) in [6, 6.07) is 3.23. The molecular weight excluding hydrogens is 303 g/mol. The molecule has 0 spiro atoms. The predicted molar refractivity (Wildman–Crippen MR) is 78.3 cm³/mol. The van der Waals surface area contributed by atoms with Gasteiger partial charge in [-0.25, -0.2) is 4.39 Å². The Bertz CT molecular complexity index is 657. The second kappa shape index (κ2) is 6.36. The molecule has 1 heterocycles. The van der Waals surface area contributed by atoms with E-state index in [2.05, 4.69) is 10.6 Å². The topological polar surface area (TPSA) is 84.5 Å². The van der Waals surface area contributed by atoms with Crippen molar-refractivity contribution in [2.75, 3.05) is 0 Å². The van der Waals surface area contributed by atoms with Crippen molar-refractivity contribution in [3.05, 3.63) is 29.6 Å². The lowest BCUT2D eigenvalue weighted by atomic mass is 9.96. The van der Waals surface area contributed by atoms with Gasteiger partial charge in [0.1, 0.15) is 17.6 Å². The van der Waals surface area contributed by atoms with Crippen molar-refractivity contribution < 1.29 is 23.5 Å². The van der Waals surface area contributed by atoms with Crippen molar-refractivity contribution in [1.82, 2.24) is 10.6 Å². The number of nitrogens with one attached hydrogen (secondary N) is 2. The highest BCUT2D eigenvalue weighted by Gasteiger charge is 2.29.